The number of hydrogen-bond donors (Lipinski definition) is 1. The van der Waals surface area contributed by atoms with E-state index in [-0.39, 0.29) is 18.0 Å². The van der Waals surface area contributed by atoms with Gasteiger partial charge in [0.2, 0.25) is 0 Å². The molecule has 24 heavy (non-hydrogen) atoms. The smallest absolute Gasteiger partial charge is 0.127 e. The number of halogens is 2. The van der Waals surface area contributed by atoms with Gasteiger partial charge in [0.25, 0.3) is 0 Å². The minimum Gasteiger partial charge on any atom is -0.383 e. The fourth-order valence-corrected chi connectivity index (χ4v) is 3.08. The third-order valence-corrected chi connectivity index (χ3v) is 4.40. The number of nitrogens with one attached hydrogen (secondary N) is 1. The van der Waals surface area contributed by atoms with Crippen molar-refractivity contribution in [1.82, 2.24) is 15.1 Å². The lowest BCUT2D eigenvalue weighted by molar-refractivity contribution is 0.0982. The average molecular weight is 354 g/mol. The third-order valence-electron chi connectivity index (χ3n) is 4.16. The van der Waals surface area contributed by atoms with Crippen LogP contribution in [0.1, 0.15) is 23.7 Å². The predicted octanol–water partition coefficient (Wildman–Crippen LogP) is 2.94. The molecule has 2 aromatic rings. The Kier molecular flexibility index (Phi) is 5.84. The van der Waals surface area contributed by atoms with E-state index in [2.05, 4.69) is 10.4 Å². The van der Waals surface area contributed by atoms with E-state index in [1.165, 1.54) is 6.07 Å². The summed E-state index contributed by atoms with van der Waals surface area (Å²) in [5, 5.41) is 8.24. The van der Waals surface area contributed by atoms with Crippen LogP contribution in [0.3, 0.4) is 0 Å². The van der Waals surface area contributed by atoms with Crippen LogP contribution < -0.4 is 5.32 Å². The molecule has 0 amide bonds. The van der Waals surface area contributed by atoms with Crippen molar-refractivity contribution in [3.8, 4) is 0 Å². The maximum atomic E-state index is 13.8. The normalized spacial score (nSPS) is 20.6. The van der Waals surface area contributed by atoms with Crippen LogP contribution >= 0.6 is 11.6 Å². The van der Waals surface area contributed by atoms with Gasteiger partial charge < -0.3 is 14.8 Å². The van der Waals surface area contributed by atoms with E-state index < -0.39 is 0 Å². The van der Waals surface area contributed by atoms with Crippen molar-refractivity contribution in [2.24, 2.45) is 0 Å². The first kappa shape index (κ1) is 17.4. The largest absolute Gasteiger partial charge is 0.383 e. The molecule has 1 saturated heterocycles. The van der Waals surface area contributed by atoms with Crippen molar-refractivity contribution in [1.29, 1.82) is 0 Å². The second-order valence-corrected chi connectivity index (χ2v) is 6.27. The number of nitrogens with zero attached hydrogens (tertiary/aromatic N) is 2. The van der Waals surface area contributed by atoms with Crippen LogP contribution in [-0.2, 0) is 22.6 Å². The molecule has 1 N–H and O–H groups in total. The molecule has 5 nitrogen and oxygen atoms in total. The molecule has 3 rings (SSSR count). The number of benzene rings is 1. The second-order valence-electron chi connectivity index (χ2n) is 5.83. The van der Waals surface area contributed by atoms with Gasteiger partial charge in [-0.25, -0.2) is 4.39 Å². The summed E-state index contributed by atoms with van der Waals surface area (Å²) in [7, 11) is 1.67. The Morgan fingerprint density at radius 1 is 1.50 bits per heavy atom. The zero-order valence-corrected chi connectivity index (χ0v) is 14.3. The highest BCUT2D eigenvalue weighted by Crippen LogP contribution is 2.29. The lowest BCUT2D eigenvalue weighted by Crippen LogP contribution is -2.31. The fraction of sp³-hybridized carbons (Fsp3) is 0.471. The average Bonchev–Trinajstić information content (AvgIpc) is 3.22. The number of rotatable bonds is 7. The van der Waals surface area contributed by atoms with Crippen molar-refractivity contribution < 1.29 is 13.9 Å². The molecule has 0 unspecified atom stereocenters. The molecule has 7 heteroatoms. The zero-order valence-electron chi connectivity index (χ0n) is 13.5. The summed E-state index contributed by atoms with van der Waals surface area (Å²) < 4.78 is 26.6. The van der Waals surface area contributed by atoms with Gasteiger partial charge in [-0.2, -0.15) is 5.10 Å². The maximum absolute atomic E-state index is 13.8. The van der Waals surface area contributed by atoms with Crippen molar-refractivity contribution in [2.75, 3.05) is 20.3 Å². The van der Waals surface area contributed by atoms with E-state index in [0.717, 1.165) is 12.0 Å². The molecule has 2 heterocycles. The molecule has 0 saturated carbocycles. The molecule has 2 atom stereocenters. The lowest BCUT2D eigenvalue weighted by atomic mass is 10.0. The first-order chi connectivity index (χ1) is 11.7. The van der Waals surface area contributed by atoms with E-state index in [9.17, 15) is 4.39 Å². The van der Waals surface area contributed by atoms with Gasteiger partial charge in [0, 0.05) is 48.6 Å². The first-order valence-electron chi connectivity index (χ1n) is 7.97. The Balaban J connectivity index is 1.63. The van der Waals surface area contributed by atoms with E-state index in [4.69, 9.17) is 21.1 Å². The van der Waals surface area contributed by atoms with Gasteiger partial charge in [-0.15, -0.1) is 0 Å². The third kappa shape index (κ3) is 4.13. The number of hydrogen-bond acceptors (Lipinski definition) is 4. The summed E-state index contributed by atoms with van der Waals surface area (Å²) in [6.07, 6.45) is 4.59. The lowest BCUT2D eigenvalue weighted by Gasteiger charge is -2.19. The summed E-state index contributed by atoms with van der Waals surface area (Å²) >= 11 is 5.94. The van der Waals surface area contributed by atoms with Gasteiger partial charge in [0.05, 0.1) is 19.3 Å². The van der Waals surface area contributed by atoms with Gasteiger partial charge >= 0.3 is 0 Å². The van der Waals surface area contributed by atoms with Crippen molar-refractivity contribution in [3.05, 3.63) is 52.6 Å². The Labute approximate surface area is 145 Å². The SMILES string of the molecule is COCCn1cc([C@H]2OCC[C@@H]2NCc2cc(Cl)ccc2F)cn1. The van der Waals surface area contributed by atoms with Gasteiger partial charge in [0.15, 0.2) is 0 Å². The number of ether oxygens (including phenoxy) is 2. The van der Waals surface area contributed by atoms with Crippen LogP contribution in [0, 0.1) is 5.82 Å². The molecular formula is C17H21ClFN3O2. The van der Waals surface area contributed by atoms with Crippen LogP contribution in [0.15, 0.2) is 30.6 Å². The summed E-state index contributed by atoms with van der Waals surface area (Å²) in [5.41, 5.74) is 1.58. The van der Waals surface area contributed by atoms with E-state index >= 15 is 0 Å². The molecule has 1 aliphatic heterocycles. The fourth-order valence-electron chi connectivity index (χ4n) is 2.88. The molecule has 0 radical (unpaired) electrons. The summed E-state index contributed by atoms with van der Waals surface area (Å²) in [4.78, 5) is 0. The summed E-state index contributed by atoms with van der Waals surface area (Å²) in [6, 6.07) is 4.71. The van der Waals surface area contributed by atoms with Gasteiger partial charge in [-0.1, -0.05) is 11.6 Å². The monoisotopic (exact) mass is 353 g/mol. The van der Waals surface area contributed by atoms with Crippen LogP contribution in [-0.4, -0.2) is 36.1 Å². The molecule has 1 fully saturated rings. The maximum Gasteiger partial charge on any atom is 0.127 e. The van der Waals surface area contributed by atoms with Gasteiger partial charge in [-0.3, -0.25) is 4.68 Å². The first-order valence-corrected chi connectivity index (χ1v) is 8.35. The summed E-state index contributed by atoms with van der Waals surface area (Å²) in [5.74, 6) is -0.255. The Morgan fingerprint density at radius 3 is 3.21 bits per heavy atom. The van der Waals surface area contributed by atoms with Crippen molar-refractivity contribution >= 4 is 11.6 Å². The Bertz CT molecular complexity index is 680. The highest BCUT2D eigenvalue weighted by molar-refractivity contribution is 6.30. The quantitative estimate of drug-likeness (QED) is 0.831. The van der Waals surface area contributed by atoms with Crippen molar-refractivity contribution in [2.45, 2.75) is 31.7 Å². The highest BCUT2D eigenvalue weighted by Gasteiger charge is 2.30. The summed E-state index contributed by atoms with van der Waals surface area (Å²) in [6.45, 7) is 2.40. The number of aromatic nitrogens is 2. The van der Waals surface area contributed by atoms with E-state index in [1.54, 1.807) is 19.2 Å². The minimum atomic E-state index is -0.255. The molecule has 1 aromatic heterocycles. The predicted molar refractivity (Wildman–Crippen MR) is 89.5 cm³/mol. The van der Waals surface area contributed by atoms with Crippen LogP contribution in [0.5, 0.6) is 0 Å². The minimum absolute atomic E-state index is 0.0801. The van der Waals surface area contributed by atoms with E-state index in [1.807, 2.05) is 17.1 Å². The molecule has 0 aliphatic carbocycles. The highest BCUT2D eigenvalue weighted by atomic mass is 35.5. The molecular weight excluding hydrogens is 333 g/mol. The van der Waals surface area contributed by atoms with E-state index in [0.29, 0.717) is 36.9 Å². The molecule has 1 aromatic carbocycles. The molecule has 0 spiro atoms. The van der Waals surface area contributed by atoms with Crippen molar-refractivity contribution in [3.63, 3.8) is 0 Å². The molecule has 130 valence electrons. The van der Waals surface area contributed by atoms with Gasteiger partial charge in [0.1, 0.15) is 11.9 Å². The Hall–Kier alpha value is -1.47. The van der Waals surface area contributed by atoms with Crippen LogP contribution in [0.25, 0.3) is 0 Å². The molecule has 1 aliphatic rings. The zero-order chi connectivity index (χ0) is 16.9. The van der Waals surface area contributed by atoms with Gasteiger partial charge in [-0.05, 0) is 24.6 Å². The standard InChI is InChI=1S/C17H21ClFN3O2/c1-23-7-5-22-11-13(10-21-22)17-16(4-6-24-17)20-9-12-8-14(18)2-3-15(12)19/h2-3,8,10-11,16-17,20H,4-7,9H2,1H3/t16-,17+/m0/s1. The number of methoxy groups -OCH3 is 1. The van der Waals surface area contributed by atoms with Crippen LogP contribution in [0.2, 0.25) is 5.02 Å². The van der Waals surface area contributed by atoms with Crippen LogP contribution in [0.4, 0.5) is 4.39 Å². The second kappa shape index (κ2) is 8.07. The topological polar surface area (TPSA) is 48.3 Å². The molecule has 0 bridgehead atoms. The Morgan fingerprint density at radius 2 is 2.38 bits per heavy atom.